The van der Waals surface area contributed by atoms with Gasteiger partial charge in [0, 0.05) is 13.2 Å². The van der Waals surface area contributed by atoms with Gasteiger partial charge in [-0.15, -0.1) is 6.58 Å². The van der Waals surface area contributed by atoms with Gasteiger partial charge in [-0.3, -0.25) is 4.79 Å². The molecule has 1 N–H and O–H groups in total. The van der Waals surface area contributed by atoms with Gasteiger partial charge in [0.1, 0.15) is 0 Å². The van der Waals surface area contributed by atoms with E-state index in [0.717, 1.165) is 19.4 Å². The number of rotatable bonds is 3. The predicted molar refractivity (Wildman–Crippen MR) is 51.3 cm³/mol. The fourth-order valence-electron chi connectivity index (χ4n) is 1.57. The van der Waals surface area contributed by atoms with Crippen LogP contribution in [0.15, 0.2) is 12.7 Å². The topological polar surface area (TPSA) is 38.3 Å². The maximum atomic E-state index is 11.5. The first-order chi connectivity index (χ1) is 6.25. The van der Waals surface area contributed by atoms with Crippen molar-refractivity contribution in [3.8, 4) is 0 Å². The predicted octanol–water partition coefficient (Wildman–Crippen LogP) is 1.10. The Morgan fingerprint density at radius 2 is 2.54 bits per heavy atom. The summed E-state index contributed by atoms with van der Waals surface area (Å²) in [5.74, 6) is 0.112. The van der Waals surface area contributed by atoms with E-state index >= 15 is 0 Å². The first-order valence-electron chi connectivity index (χ1n) is 4.76. The van der Waals surface area contributed by atoms with Gasteiger partial charge >= 0.3 is 0 Å². The molecule has 1 aliphatic rings. The number of hydrogen-bond acceptors (Lipinski definition) is 2. The highest BCUT2D eigenvalue weighted by molar-refractivity contribution is 5.79. The normalized spacial score (nSPS) is 28.1. The molecular weight excluding hydrogens is 166 g/mol. The molecule has 1 heterocycles. The molecule has 0 aromatic heterocycles. The Morgan fingerprint density at radius 3 is 3.15 bits per heavy atom. The lowest BCUT2D eigenvalue weighted by Crippen LogP contribution is -2.40. The highest BCUT2D eigenvalue weighted by Gasteiger charge is 2.27. The zero-order valence-corrected chi connectivity index (χ0v) is 8.08. The summed E-state index contributed by atoms with van der Waals surface area (Å²) in [6, 6.07) is 0. The number of carbonyl (C=O) groups is 1. The molecule has 0 saturated carbocycles. The molecule has 1 fully saturated rings. The second-order valence-corrected chi connectivity index (χ2v) is 3.36. The third kappa shape index (κ3) is 2.84. The summed E-state index contributed by atoms with van der Waals surface area (Å²) in [6.45, 7) is 6.83. The lowest BCUT2D eigenvalue weighted by molar-refractivity contribution is -0.132. The van der Waals surface area contributed by atoms with E-state index in [2.05, 4.69) is 11.9 Å². The second kappa shape index (κ2) is 5.02. The van der Waals surface area contributed by atoms with Crippen molar-refractivity contribution in [3.05, 3.63) is 12.7 Å². The molecule has 0 unspecified atom stereocenters. The Balaban J connectivity index is 2.39. The molecule has 0 radical (unpaired) electrons. The molecule has 1 amide bonds. The molecule has 0 aliphatic carbocycles. The summed E-state index contributed by atoms with van der Waals surface area (Å²) in [4.78, 5) is 11.5. The minimum atomic E-state index is 0.0219. The van der Waals surface area contributed by atoms with Gasteiger partial charge in [0.05, 0.1) is 12.0 Å². The number of carbonyl (C=O) groups excluding carboxylic acids is 1. The summed E-state index contributed by atoms with van der Waals surface area (Å²) in [5.41, 5.74) is 0. The molecule has 74 valence electrons. The maximum absolute atomic E-state index is 11.5. The second-order valence-electron chi connectivity index (χ2n) is 3.36. The highest BCUT2D eigenvalue weighted by atomic mass is 16.5. The van der Waals surface area contributed by atoms with E-state index in [9.17, 15) is 4.79 Å². The van der Waals surface area contributed by atoms with Gasteiger partial charge in [0.25, 0.3) is 0 Å². The van der Waals surface area contributed by atoms with Crippen LogP contribution in [-0.4, -0.2) is 25.2 Å². The van der Waals surface area contributed by atoms with Crippen LogP contribution in [0.2, 0.25) is 0 Å². The van der Waals surface area contributed by atoms with Gasteiger partial charge < -0.3 is 10.1 Å². The molecule has 3 nitrogen and oxygen atoms in total. The van der Waals surface area contributed by atoms with Crippen LogP contribution in [0.4, 0.5) is 0 Å². The maximum Gasteiger partial charge on any atom is 0.225 e. The van der Waals surface area contributed by atoms with Crippen molar-refractivity contribution in [1.29, 1.82) is 0 Å². The molecule has 1 aliphatic heterocycles. The zero-order chi connectivity index (χ0) is 9.68. The van der Waals surface area contributed by atoms with Gasteiger partial charge in [-0.05, 0) is 19.8 Å². The first kappa shape index (κ1) is 10.3. The van der Waals surface area contributed by atoms with Crippen LogP contribution >= 0.6 is 0 Å². The summed E-state index contributed by atoms with van der Waals surface area (Å²) in [5, 5.41) is 2.80. The molecule has 1 saturated heterocycles. The number of amides is 1. The quantitative estimate of drug-likeness (QED) is 0.665. The molecule has 2 atom stereocenters. The summed E-state index contributed by atoms with van der Waals surface area (Å²) < 4.78 is 5.40. The van der Waals surface area contributed by atoms with E-state index in [-0.39, 0.29) is 17.9 Å². The van der Waals surface area contributed by atoms with E-state index < -0.39 is 0 Å². The van der Waals surface area contributed by atoms with Crippen LogP contribution in [0.5, 0.6) is 0 Å². The van der Waals surface area contributed by atoms with Gasteiger partial charge in [-0.2, -0.15) is 0 Å². The van der Waals surface area contributed by atoms with E-state index in [1.807, 2.05) is 6.92 Å². The SMILES string of the molecule is C=CCNC(=O)[C@H]1CCCO[C@H]1C. The Kier molecular flexibility index (Phi) is 3.96. The Bertz CT molecular complexity index is 191. The van der Waals surface area contributed by atoms with Crippen molar-refractivity contribution >= 4 is 5.91 Å². The van der Waals surface area contributed by atoms with Gasteiger partial charge in [-0.1, -0.05) is 6.08 Å². The summed E-state index contributed by atoms with van der Waals surface area (Å²) in [6.07, 6.45) is 3.66. The van der Waals surface area contributed by atoms with E-state index in [1.165, 1.54) is 0 Å². The zero-order valence-electron chi connectivity index (χ0n) is 8.08. The van der Waals surface area contributed by atoms with Gasteiger partial charge in [0.15, 0.2) is 0 Å². The third-order valence-corrected chi connectivity index (χ3v) is 2.36. The summed E-state index contributed by atoms with van der Waals surface area (Å²) in [7, 11) is 0. The Hall–Kier alpha value is -0.830. The van der Waals surface area contributed by atoms with Crippen LogP contribution in [0.3, 0.4) is 0 Å². The van der Waals surface area contributed by atoms with Crippen molar-refractivity contribution in [2.75, 3.05) is 13.2 Å². The number of hydrogen-bond donors (Lipinski definition) is 1. The molecule has 0 spiro atoms. The molecule has 13 heavy (non-hydrogen) atoms. The largest absolute Gasteiger partial charge is 0.378 e. The fraction of sp³-hybridized carbons (Fsp3) is 0.700. The van der Waals surface area contributed by atoms with Crippen molar-refractivity contribution in [1.82, 2.24) is 5.32 Å². The minimum absolute atomic E-state index is 0.0219. The van der Waals surface area contributed by atoms with E-state index in [1.54, 1.807) is 6.08 Å². The molecule has 0 bridgehead atoms. The fourth-order valence-corrected chi connectivity index (χ4v) is 1.57. The van der Waals surface area contributed by atoms with Gasteiger partial charge in [-0.25, -0.2) is 0 Å². The highest BCUT2D eigenvalue weighted by Crippen LogP contribution is 2.20. The Morgan fingerprint density at radius 1 is 1.77 bits per heavy atom. The number of nitrogens with one attached hydrogen (secondary N) is 1. The average molecular weight is 183 g/mol. The molecular formula is C10H17NO2. The van der Waals surface area contributed by atoms with Crippen LogP contribution in [0.1, 0.15) is 19.8 Å². The monoisotopic (exact) mass is 183 g/mol. The molecule has 3 heteroatoms. The van der Waals surface area contributed by atoms with Crippen LogP contribution in [0, 0.1) is 5.92 Å². The summed E-state index contributed by atoms with van der Waals surface area (Å²) >= 11 is 0. The standard InChI is InChI=1S/C10H17NO2/c1-3-6-11-10(12)9-5-4-7-13-8(9)2/h3,8-9H,1,4-7H2,2H3,(H,11,12)/t8-,9-/m0/s1. The van der Waals surface area contributed by atoms with E-state index in [0.29, 0.717) is 6.54 Å². The number of ether oxygens (including phenoxy) is 1. The van der Waals surface area contributed by atoms with Crippen molar-refractivity contribution in [2.45, 2.75) is 25.9 Å². The van der Waals surface area contributed by atoms with Gasteiger partial charge in [0.2, 0.25) is 5.91 Å². The van der Waals surface area contributed by atoms with Crippen LogP contribution < -0.4 is 5.32 Å². The molecule has 0 aromatic rings. The minimum Gasteiger partial charge on any atom is -0.378 e. The lowest BCUT2D eigenvalue weighted by atomic mass is 9.94. The lowest BCUT2D eigenvalue weighted by Gasteiger charge is -2.27. The molecule has 1 rings (SSSR count). The average Bonchev–Trinajstić information content (AvgIpc) is 2.15. The van der Waals surface area contributed by atoms with Crippen LogP contribution in [0.25, 0.3) is 0 Å². The van der Waals surface area contributed by atoms with Crippen LogP contribution in [-0.2, 0) is 9.53 Å². The first-order valence-corrected chi connectivity index (χ1v) is 4.76. The molecule has 0 aromatic carbocycles. The van der Waals surface area contributed by atoms with Crippen molar-refractivity contribution in [3.63, 3.8) is 0 Å². The smallest absolute Gasteiger partial charge is 0.225 e. The third-order valence-electron chi connectivity index (χ3n) is 2.36. The van der Waals surface area contributed by atoms with E-state index in [4.69, 9.17) is 4.74 Å². The van der Waals surface area contributed by atoms with Crippen molar-refractivity contribution in [2.24, 2.45) is 5.92 Å². The van der Waals surface area contributed by atoms with Crippen molar-refractivity contribution < 1.29 is 9.53 Å². The Labute approximate surface area is 79.2 Å².